The first-order valence-corrected chi connectivity index (χ1v) is 6.80. The van der Waals surface area contributed by atoms with Crippen LogP contribution < -0.4 is 10.6 Å². The van der Waals surface area contributed by atoms with E-state index in [1.807, 2.05) is 0 Å². The molecule has 0 saturated carbocycles. The van der Waals surface area contributed by atoms with E-state index in [1.54, 1.807) is 0 Å². The topological polar surface area (TPSA) is 24.1 Å². The summed E-state index contributed by atoms with van der Waals surface area (Å²) in [5, 5.41) is 7.11. The Hall–Kier alpha value is -0.860. The van der Waals surface area contributed by atoms with Crippen molar-refractivity contribution in [3.05, 3.63) is 35.4 Å². The van der Waals surface area contributed by atoms with E-state index in [0.717, 1.165) is 32.1 Å². The summed E-state index contributed by atoms with van der Waals surface area (Å²) in [5.41, 5.74) is 3.00. The molecular weight excluding hydrogens is 208 g/mol. The molecule has 0 saturated heterocycles. The first-order chi connectivity index (χ1) is 8.31. The summed E-state index contributed by atoms with van der Waals surface area (Å²) < 4.78 is 0. The van der Waals surface area contributed by atoms with Crippen molar-refractivity contribution < 1.29 is 0 Å². The van der Waals surface area contributed by atoms with E-state index in [-0.39, 0.29) is 0 Å². The number of rotatable bonds is 5. The molecule has 0 spiro atoms. The van der Waals surface area contributed by atoms with Crippen LogP contribution in [0.5, 0.6) is 0 Å². The van der Waals surface area contributed by atoms with Gasteiger partial charge in [0, 0.05) is 25.6 Å². The summed E-state index contributed by atoms with van der Waals surface area (Å²) in [6, 6.07) is 8.82. The third-order valence-corrected chi connectivity index (χ3v) is 3.78. The van der Waals surface area contributed by atoms with E-state index in [4.69, 9.17) is 0 Å². The Kier molecular flexibility index (Phi) is 4.57. The second-order valence-electron chi connectivity index (χ2n) is 5.20. The molecule has 1 aliphatic heterocycles. The Morgan fingerprint density at radius 3 is 3.06 bits per heavy atom. The molecule has 0 aromatic heterocycles. The molecular formula is C15H24N2. The van der Waals surface area contributed by atoms with Gasteiger partial charge < -0.3 is 10.6 Å². The van der Waals surface area contributed by atoms with Crippen LogP contribution in [0.4, 0.5) is 0 Å². The number of fused-ring (bicyclic) bond motifs is 1. The van der Waals surface area contributed by atoms with E-state index < -0.39 is 0 Å². The standard InChI is InChI=1S/C15H24N2/c1-3-12(2)8-16-10-14-11-17-9-13-6-4-5-7-15(13)14/h4-7,12,14,16-17H,3,8-11H2,1-2H3. The fourth-order valence-electron chi connectivity index (χ4n) is 2.41. The molecule has 0 fully saturated rings. The highest BCUT2D eigenvalue weighted by molar-refractivity contribution is 5.32. The average molecular weight is 232 g/mol. The highest BCUT2D eigenvalue weighted by atomic mass is 14.9. The molecule has 0 bridgehead atoms. The zero-order valence-corrected chi connectivity index (χ0v) is 11.0. The molecule has 0 amide bonds. The third kappa shape index (κ3) is 3.30. The second kappa shape index (κ2) is 6.18. The van der Waals surface area contributed by atoms with Gasteiger partial charge in [-0.2, -0.15) is 0 Å². The fourth-order valence-corrected chi connectivity index (χ4v) is 2.41. The molecule has 2 atom stereocenters. The molecule has 1 aliphatic rings. The van der Waals surface area contributed by atoms with Crippen molar-refractivity contribution in [2.75, 3.05) is 19.6 Å². The maximum atomic E-state index is 3.61. The fraction of sp³-hybridized carbons (Fsp3) is 0.600. The van der Waals surface area contributed by atoms with Crippen LogP contribution in [-0.4, -0.2) is 19.6 Å². The first-order valence-electron chi connectivity index (χ1n) is 6.80. The van der Waals surface area contributed by atoms with Crippen LogP contribution in [0.2, 0.25) is 0 Å². The molecule has 1 heterocycles. The van der Waals surface area contributed by atoms with Gasteiger partial charge in [-0.1, -0.05) is 44.5 Å². The molecule has 0 radical (unpaired) electrons. The van der Waals surface area contributed by atoms with Crippen LogP contribution in [-0.2, 0) is 6.54 Å². The van der Waals surface area contributed by atoms with E-state index >= 15 is 0 Å². The SMILES string of the molecule is CCC(C)CNCC1CNCc2ccccc21. The smallest absolute Gasteiger partial charge is 0.0208 e. The van der Waals surface area contributed by atoms with Crippen molar-refractivity contribution in [2.45, 2.75) is 32.7 Å². The van der Waals surface area contributed by atoms with Gasteiger partial charge in [0.2, 0.25) is 0 Å². The Bertz CT molecular complexity index is 349. The van der Waals surface area contributed by atoms with Gasteiger partial charge in [-0.3, -0.25) is 0 Å². The van der Waals surface area contributed by atoms with Crippen molar-refractivity contribution in [3.63, 3.8) is 0 Å². The highest BCUT2D eigenvalue weighted by Crippen LogP contribution is 2.22. The molecule has 2 nitrogen and oxygen atoms in total. The van der Waals surface area contributed by atoms with Gasteiger partial charge in [-0.25, -0.2) is 0 Å². The van der Waals surface area contributed by atoms with Crippen LogP contribution in [0.1, 0.15) is 37.3 Å². The Morgan fingerprint density at radius 2 is 2.24 bits per heavy atom. The average Bonchev–Trinajstić information content (AvgIpc) is 2.39. The summed E-state index contributed by atoms with van der Waals surface area (Å²) in [7, 11) is 0. The zero-order chi connectivity index (χ0) is 12.1. The van der Waals surface area contributed by atoms with Crippen LogP contribution in [0.3, 0.4) is 0 Å². The predicted octanol–water partition coefficient (Wildman–Crippen LogP) is 2.51. The Morgan fingerprint density at radius 1 is 1.41 bits per heavy atom. The highest BCUT2D eigenvalue weighted by Gasteiger charge is 2.18. The van der Waals surface area contributed by atoms with E-state index in [1.165, 1.54) is 17.5 Å². The lowest BCUT2D eigenvalue weighted by atomic mass is 9.91. The number of nitrogens with one attached hydrogen (secondary N) is 2. The first kappa shape index (κ1) is 12.6. The quantitative estimate of drug-likeness (QED) is 0.815. The maximum Gasteiger partial charge on any atom is 0.0208 e. The van der Waals surface area contributed by atoms with Crippen LogP contribution in [0.25, 0.3) is 0 Å². The lowest BCUT2D eigenvalue weighted by Gasteiger charge is -2.27. The van der Waals surface area contributed by atoms with Gasteiger partial charge in [0.15, 0.2) is 0 Å². The molecule has 2 heteroatoms. The van der Waals surface area contributed by atoms with Gasteiger partial charge in [0.1, 0.15) is 0 Å². The van der Waals surface area contributed by atoms with Crippen molar-refractivity contribution in [1.29, 1.82) is 0 Å². The lowest BCUT2D eigenvalue weighted by Crippen LogP contribution is -2.35. The Balaban J connectivity index is 1.90. The maximum absolute atomic E-state index is 3.61. The lowest BCUT2D eigenvalue weighted by molar-refractivity contribution is 0.455. The third-order valence-electron chi connectivity index (χ3n) is 3.78. The van der Waals surface area contributed by atoms with Crippen molar-refractivity contribution >= 4 is 0 Å². The summed E-state index contributed by atoms with van der Waals surface area (Å²) in [6.07, 6.45) is 1.26. The zero-order valence-electron chi connectivity index (χ0n) is 11.0. The van der Waals surface area contributed by atoms with Gasteiger partial charge in [0.25, 0.3) is 0 Å². The van der Waals surface area contributed by atoms with E-state index in [0.29, 0.717) is 5.92 Å². The molecule has 2 N–H and O–H groups in total. The monoisotopic (exact) mass is 232 g/mol. The molecule has 2 rings (SSSR count). The molecule has 17 heavy (non-hydrogen) atoms. The summed E-state index contributed by atoms with van der Waals surface area (Å²) in [5.74, 6) is 1.41. The molecule has 0 aliphatic carbocycles. The summed E-state index contributed by atoms with van der Waals surface area (Å²) in [4.78, 5) is 0. The minimum atomic E-state index is 0.629. The van der Waals surface area contributed by atoms with Crippen molar-refractivity contribution in [3.8, 4) is 0 Å². The van der Waals surface area contributed by atoms with Crippen molar-refractivity contribution in [1.82, 2.24) is 10.6 Å². The number of hydrogen-bond donors (Lipinski definition) is 2. The number of hydrogen-bond acceptors (Lipinski definition) is 2. The summed E-state index contributed by atoms with van der Waals surface area (Å²) >= 11 is 0. The Labute approximate surface area is 105 Å². The van der Waals surface area contributed by atoms with Gasteiger partial charge in [0.05, 0.1) is 0 Å². The summed E-state index contributed by atoms with van der Waals surface area (Å²) in [6.45, 7) is 8.91. The largest absolute Gasteiger partial charge is 0.316 e. The minimum Gasteiger partial charge on any atom is -0.316 e. The van der Waals surface area contributed by atoms with E-state index in [9.17, 15) is 0 Å². The molecule has 1 aromatic rings. The van der Waals surface area contributed by atoms with E-state index in [2.05, 4.69) is 48.7 Å². The van der Waals surface area contributed by atoms with Crippen LogP contribution >= 0.6 is 0 Å². The van der Waals surface area contributed by atoms with Crippen molar-refractivity contribution in [2.24, 2.45) is 5.92 Å². The second-order valence-corrected chi connectivity index (χ2v) is 5.20. The normalized spacial score (nSPS) is 20.9. The number of benzene rings is 1. The molecule has 2 unspecified atom stereocenters. The molecule has 94 valence electrons. The van der Waals surface area contributed by atoms with Crippen LogP contribution in [0, 0.1) is 5.92 Å². The van der Waals surface area contributed by atoms with Gasteiger partial charge in [-0.05, 0) is 23.6 Å². The van der Waals surface area contributed by atoms with Gasteiger partial charge >= 0.3 is 0 Å². The molecule has 1 aromatic carbocycles. The minimum absolute atomic E-state index is 0.629. The predicted molar refractivity (Wildman–Crippen MR) is 73.2 cm³/mol. The van der Waals surface area contributed by atoms with Crippen LogP contribution in [0.15, 0.2) is 24.3 Å². The van der Waals surface area contributed by atoms with Gasteiger partial charge in [-0.15, -0.1) is 0 Å².